The van der Waals surface area contributed by atoms with Crippen LogP contribution in [0.2, 0.25) is 0 Å². The van der Waals surface area contributed by atoms with Gasteiger partial charge in [-0.1, -0.05) is 0 Å². The smallest absolute Gasteiger partial charge is 0.339 e. The third-order valence-electron chi connectivity index (χ3n) is 3.16. The summed E-state index contributed by atoms with van der Waals surface area (Å²) >= 11 is 0. The highest BCUT2D eigenvalue weighted by atomic mass is 19.4. The number of hydrogen-bond donors (Lipinski definition) is 1. The fourth-order valence-electron chi connectivity index (χ4n) is 1.76. The van der Waals surface area contributed by atoms with Crippen LogP contribution in [0.1, 0.15) is 22.5 Å². The highest BCUT2D eigenvalue weighted by molar-refractivity contribution is 5.82. The van der Waals surface area contributed by atoms with Crippen molar-refractivity contribution in [1.29, 1.82) is 5.26 Å². The molecular formula is C14H12F3N5. The Morgan fingerprint density at radius 1 is 1.41 bits per heavy atom. The van der Waals surface area contributed by atoms with Crippen molar-refractivity contribution in [3.8, 4) is 6.07 Å². The number of nitrogens with one attached hydrogen (secondary N) is 1. The molecule has 22 heavy (non-hydrogen) atoms. The van der Waals surface area contributed by atoms with Crippen molar-refractivity contribution in [3.63, 3.8) is 0 Å². The third kappa shape index (κ3) is 3.25. The first-order valence-corrected chi connectivity index (χ1v) is 6.21. The van der Waals surface area contributed by atoms with Crippen LogP contribution in [0.25, 0.3) is 0 Å². The van der Waals surface area contributed by atoms with E-state index < -0.39 is 11.7 Å². The average molecular weight is 307 g/mol. The molecule has 2 rings (SSSR count). The lowest BCUT2D eigenvalue weighted by Gasteiger charge is -2.06. The largest absolute Gasteiger partial charge is 0.417 e. The molecule has 0 aliphatic rings. The lowest BCUT2D eigenvalue weighted by atomic mass is 10.3. The molecule has 2 aromatic heterocycles. The minimum Gasteiger partial charge on any atom is -0.339 e. The van der Waals surface area contributed by atoms with Crippen LogP contribution in [0, 0.1) is 18.3 Å². The summed E-state index contributed by atoms with van der Waals surface area (Å²) in [6.07, 6.45) is -2.20. The molecule has 0 fully saturated rings. The Morgan fingerprint density at radius 2 is 2.14 bits per heavy atom. The van der Waals surface area contributed by atoms with Gasteiger partial charge in [-0.05, 0) is 25.1 Å². The number of pyridine rings is 1. The van der Waals surface area contributed by atoms with Crippen LogP contribution in [0.15, 0.2) is 29.5 Å². The molecule has 0 bridgehead atoms. The van der Waals surface area contributed by atoms with Gasteiger partial charge in [-0.2, -0.15) is 23.5 Å². The predicted molar refractivity (Wildman–Crippen MR) is 75.3 cm³/mol. The van der Waals surface area contributed by atoms with Crippen molar-refractivity contribution >= 4 is 12.0 Å². The van der Waals surface area contributed by atoms with Crippen molar-refractivity contribution in [2.45, 2.75) is 13.1 Å². The third-order valence-corrected chi connectivity index (χ3v) is 3.16. The van der Waals surface area contributed by atoms with Crippen LogP contribution in [0.4, 0.5) is 19.0 Å². The zero-order chi connectivity index (χ0) is 16.3. The summed E-state index contributed by atoms with van der Waals surface area (Å²) in [6.45, 7) is 1.83. The fraction of sp³-hybridized carbons (Fsp3) is 0.214. The first kappa shape index (κ1) is 15.6. The number of anilines is 1. The summed E-state index contributed by atoms with van der Waals surface area (Å²) < 4.78 is 38.9. The maximum Gasteiger partial charge on any atom is 0.417 e. The molecule has 0 spiro atoms. The van der Waals surface area contributed by atoms with Crippen LogP contribution >= 0.6 is 0 Å². The van der Waals surface area contributed by atoms with Gasteiger partial charge in [0.25, 0.3) is 0 Å². The number of nitrogens with zero attached hydrogens (tertiary/aromatic N) is 4. The molecule has 114 valence electrons. The number of alkyl halides is 3. The van der Waals surface area contributed by atoms with E-state index in [4.69, 9.17) is 5.26 Å². The summed E-state index contributed by atoms with van der Waals surface area (Å²) in [5, 5.41) is 12.8. The summed E-state index contributed by atoms with van der Waals surface area (Å²) in [5.74, 6) is 0.193. The Morgan fingerprint density at radius 3 is 2.64 bits per heavy atom. The van der Waals surface area contributed by atoms with Crippen molar-refractivity contribution in [2.75, 3.05) is 5.43 Å². The van der Waals surface area contributed by atoms with Crippen LogP contribution < -0.4 is 5.43 Å². The monoisotopic (exact) mass is 307 g/mol. The quantitative estimate of drug-likeness (QED) is 0.700. The molecule has 0 aliphatic carbocycles. The van der Waals surface area contributed by atoms with Gasteiger partial charge in [0.1, 0.15) is 17.6 Å². The molecule has 0 amide bonds. The molecule has 8 heteroatoms. The molecular weight excluding hydrogens is 295 g/mol. The van der Waals surface area contributed by atoms with E-state index in [9.17, 15) is 13.2 Å². The van der Waals surface area contributed by atoms with Gasteiger partial charge < -0.3 is 4.57 Å². The second kappa shape index (κ2) is 5.89. The van der Waals surface area contributed by atoms with E-state index >= 15 is 0 Å². The summed E-state index contributed by atoms with van der Waals surface area (Å²) in [4.78, 5) is 3.64. The van der Waals surface area contributed by atoms with Gasteiger partial charge >= 0.3 is 6.18 Å². The molecule has 5 nitrogen and oxygen atoms in total. The van der Waals surface area contributed by atoms with Crippen LogP contribution in [-0.2, 0) is 13.2 Å². The highest BCUT2D eigenvalue weighted by Gasteiger charge is 2.30. The Bertz CT molecular complexity index is 736. The van der Waals surface area contributed by atoms with E-state index in [2.05, 4.69) is 15.5 Å². The summed E-state index contributed by atoms with van der Waals surface area (Å²) in [5.41, 5.74) is 3.80. The first-order chi connectivity index (χ1) is 10.3. The van der Waals surface area contributed by atoms with Gasteiger partial charge in [0, 0.05) is 24.5 Å². The lowest BCUT2D eigenvalue weighted by molar-refractivity contribution is -0.137. The Hall–Kier alpha value is -2.82. The van der Waals surface area contributed by atoms with Gasteiger partial charge in [-0.3, -0.25) is 5.43 Å². The number of halogens is 3. The fourth-order valence-corrected chi connectivity index (χ4v) is 1.76. The van der Waals surface area contributed by atoms with E-state index in [0.717, 1.165) is 23.5 Å². The predicted octanol–water partition coefficient (Wildman–Crippen LogP) is 3.07. The highest BCUT2D eigenvalue weighted by Crippen LogP contribution is 2.28. The summed E-state index contributed by atoms with van der Waals surface area (Å²) in [6, 6.07) is 5.83. The van der Waals surface area contributed by atoms with Gasteiger partial charge in [0.05, 0.1) is 11.8 Å². The van der Waals surface area contributed by atoms with Crippen LogP contribution in [0.3, 0.4) is 0 Å². The molecule has 0 saturated carbocycles. The number of aromatic nitrogens is 2. The molecule has 0 unspecified atom stereocenters. The van der Waals surface area contributed by atoms with E-state index in [1.54, 1.807) is 17.7 Å². The van der Waals surface area contributed by atoms with E-state index in [-0.39, 0.29) is 5.82 Å². The number of rotatable bonds is 3. The number of nitriles is 1. The molecule has 2 aromatic rings. The normalized spacial score (nSPS) is 11.6. The zero-order valence-electron chi connectivity index (χ0n) is 11.8. The van der Waals surface area contributed by atoms with E-state index in [0.29, 0.717) is 5.69 Å². The second-order valence-corrected chi connectivity index (χ2v) is 4.54. The van der Waals surface area contributed by atoms with E-state index in [1.165, 1.54) is 12.3 Å². The van der Waals surface area contributed by atoms with Gasteiger partial charge in [0.2, 0.25) is 0 Å². The minimum absolute atomic E-state index is 0.193. The molecule has 0 saturated heterocycles. The molecule has 0 aliphatic heterocycles. The van der Waals surface area contributed by atoms with Crippen molar-refractivity contribution < 1.29 is 13.2 Å². The number of hydrazone groups is 1. The zero-order valence-corrected chi connectivity index (χ0v) is 11.8. The second-order valence-electron chi connectivity index (χ2n) is 4.54. The first-order valence-electron chi connectivity index (χ1n) is 6.21. The van der Waals surface area contributed by atoms with Gasteiger partial charge in [0.15, 0.2) is 0 Å². The van der Waals surface area contributed by atoms with Crippen LogP contribution in [0.5, 0.6) is 0 Å². The summed E-state index contributed by atoms with van der Waals surface area (Å²) in [7, 11) is 1.76. The van der Waals surface area contributed by atoms with Gasteiger partial charge in [-0.25, -0.2) is 4.98 Å². The van der Waals surface area contributed by atoms with E-state index in [1.807, 2.05) is 13.0 Å². The number of hydrogen-bond acceptors (Lipinski definition) is 4. The molecule has 1 N–H and O–H groups in total. The Kier molecular flexibility index (Phi) is 4.17. The van der Waals surface area contributed by atoms with Crippen molar-refractivity contribution in [3.05, 3.63) is 46.9 Å². The van der Waals surface area contributed by atoms with Crippen molar-refractivity contribution in [2.24, 2.45) is 12.1 Å². The van der Waals surface area contributed by atoms with Crippen LogP contribution in [-0.4, -0.2) is 15.8 Å². The Balaban J connectivity index is 2.09. The average Bonchev–Trinajstić information content (AvgIpc) is 2.75. The molecule has 0 atom stereocenters. The topological polar surface area (TPSA) is 66.0 Å². The maximum atomic E-state index is 12.4. The van der Waals surface area contributed by atoms with Crippen molar-refractivity contribution in [1.82, 2.24) is 9.55 Å². The van der Waals surface area contributed by atoms with Gasteiger partial charge in [-0.15, -0.1) is 0 Å². The standard InChI is InChI=1S/C14H12F3N5/c1-9-10(5-12(6-18)22(9)2)7-20-21-13-4-3-11(8-19-13)14(15,16)17/h3-5,7-8H,1-2H3,(H,19,21)/b20-7+. The minimum atomic E-state index is -4.41. The Labute approximate surface area is 124 Å². The molecule has 0 aromatic carbocycles. The molecule has 0 radical (unpaired) electrons. The SMILES string of the molecule is Cc1c(/C=N/Nc2ccc(C(F)(F)F)cn2)cc(C#N)n1C. The lowest BCUT2D eigenvalue weighted by Crippen LogP contribution is -2.05. The molecule has 2 heterocycles. The maximum absolute atomic E-state index is 12.4.